The van der Waals surface area contributed by atoms with Crippen LogP contribution in [0.15, 0.2) is 30.3 Å². The third-order valence-electron chi connectivity index (χ3n) is 3.87. The Morgan fingerprint density at radius 1 is 1.39 bits per heavy atom. The van der Waals surface area contributed by atoms with Crippen molar-refractivity contribution in [1.82, 2.24) is 4.90 Å². The van der Waals surface area contributed by atoms with E-state index in [4.69, 9.17) is 11.1 Å². The van der Waals surface area contributed by atoms with E-state index >= 15 is 0 Å². The largest absolute Gasteiger partial charge is 0.387 e. The molecule has 2 rings (SSSR count). The Morgan fingerprint density at radius 3 is 2.56 bits per heavy atom. The van der Waals surface area contributed by atoms with Crippen molar-refractivity contribution in [3.63, 3.8) is 0 Å². The summed E-state index contributed by atoms with van der Waals surface area (Å²) in [4.78, 5) is 2.32. The molecule has 0 aromatic heterocycles. The minimum absolute atomic E-state index is 0.0243. The fraction of sp³-hybridized carbons (Fsp3) is 0.533. The van der Waals surface area contributed by atoms with Crippen LogP contribution in [0.25, 0.3) is 0 Å². The molecule has 3 N–H and O–H groups in total. The summed E-state index contributed by atoms with van der Waals surface area (Å²) in [7, 11) is 2.14. The van der Waals surface area contributed by atoms with Crippen LogP contribution in [0, 0.1) is 11.3 Å². The van der Waals surface area contributed by atoms with E-state index in [1.807, 2.05) is 18.2 Å². The van der Waals surface area contributed by atoms with Crippen LogP contribution in [0.2, 0.25) is 0 Å². The van der Waals surface area contributed by atoms with E-state index in [-0.39, 0.29) is 11.8 Å². The normalized spacial score (nSPS) is 17.4. The molecule has 1 atom stereocenters. The molecule has 98 valence electrons. The summed E-state index contributed by atoms with van der Waals surface area (Å²) in [6, 6.07) is 10.1. The molecule has 0 amide bonds. The lowest BCUT2D eigenvalue weighted by molar-refractivity contribution is 0.204. The van der Waals surface area contributed by atoms with E-state index in [1.165, 1.54) is 19.3 Å². The Labute approximate surface area is 109 Å². The number of amidine groups is 1. The highest BCUT2D eigenvalue weighted by molar-refractivity contribution is 5.84. The first-order valence-corrected chi connectivity index (χ1v) is 6.74. The highest BCUT2D eigenvalue weighted by atomic mass is 15.1. The second-order valence-electron chi connectivity index (χ2n) is 5.44. The second kappa shape index (κ2) is 6.01. The first-order valence-electron chi connectivity index (χ1n) is 6.74. The zero-order valence-corrected chi connectivity index (χ0v) is 11.1. The monoisotopic (exact) mass is 245 g/mol. The van der Waals surface area contributed by atoms with Gasteiger partial charge in [0, 0.05) is 13.1 Å². The molecule has 0 aliphatic heterocycles. The fourth-order valence-electron chi connectivity index (χ4n) is 2.57. The molecule has 3 nitrogen and oxygen atoms in total. The van der Waals surface area contributed by atoms with Crippen LogP contribution < -0.4 is 5.73 Å². The van der Waals surface area contributed by atoms with Gasteiger partial charge in [-0.3, -0.25) is 5.41 Å². The van der Waals surface area contributed by atoms with Crippen molar-refractivity contribution in [2.45, 2.75) is 25.2 Å². The van der Waals surface area contributed by atoms with Gasteiger partial charge >= 0.3 is 0 Å². The number of nitrogens with two attached hydrogens (primary N) is 1. The minimum atomic E-state index is 0.0243. The number of nitrogens with one attached hydrogen (secondary N) is 1. The Balaban J connectivity index is 1.95. The molecule has 1 unspecified atom stereocenters. The molecular formula is C15H23N3. The smallest absolute Gasteiger partial charge is 0.0995 e. The first-order chi connectivity index (χ1) is 8.66. The van der Waals surface area contributed by atoms with Crippen LogP contribution in [-0.4, -0.2) is 30.9 Å². The molecular weight excluding hydrogens is 222 g/mol. The number of hydrogen-bond donors (Lipinski definition) is 2. The van der Waals surface area contributed by atoms with Gasteiger partial charge in [0.05, 0.1) is 11.8 Å². The third kappa shape index (κ3) is 3.33. The maximum Gasteiger partial charge on any atom is 0.0995 e. The van der Waals surface area contributed by atoms with Crippen molar-refractivity contribution >= 4 is 5.84 Å². The van der Waals surface area contributed by atoms with E-state index in [1.54, 1.807) is 0 Å². The molecule has 3 heteroatoms. The maximum absolute atomic E-state index is 7.77. The van der Waals surface area contributed by atoms with Gasteiger partial charge in [-0.2, -0.15) is 0 Å². The van der Waals surface area contributed by atoms with Gasteiger partial charge in [0.25, 0.3) is 0 Å². The lowest BCUT2D eigenvalue weighted by Crippen LogP contribution is -2.36. The summed E-state index contributed by atoms with van der Waals surface area (Å²) in [5, 5.41) is 7.77. The molecule has 0 spiro atoms. The standard InChI is InChI=1S/C15H23N3/c1-18(10-12-6-5-7-12)11-14(15(16)17)13-8-3-2-4-9-13/h2-4,8-9,12,14H,5-7,10-11H2,1H3,(H3,16,17). The van der Waals surface area contributed by atoms with Crippen LogP contribution in [0.3, 0.4) is 0 Å². The molecule has 1 saturated carbocycles. The van der Waals surface area contributed by atoms with E-state index in [0.29, 0.717) is 0 Å². The van der Waals surface area contributed by atoms with E-state index < -0.39 is 0 Å². The first kappa shape index (κ1) is 13.1. The van der Waals surface area contributed by atoms with Gasteiger partial charge in [-0.1, -0.05) is 36.8 Å². The zero-order chi connectivity index (χ0) is 13.0. The average molecular weight is 245 g/mol. The Kier molecular flexibility index (Phi) is 4.37. The van der Waals surface area contributed by atoms with Crippen molar-refractivity contribution < 1.29 is 0 Å². The van der Waals surface area contributed by atoms with Gasteiger partial charge in [-0.05, 0) is 31.4 Å². The van der Waals surface area contributed by atoms with Crippen molar-refractivity contribution in [3.8, 4) is 0 Å². The van der Waals surface area contributed by atoms with Gasteiger partial charge in [-0.15, -0.1) is 0 Å². The number of likely N-dealkylation sites (N-methyl/N-ethyl adjacent to an activating group) is 1. The fourth-order valence-corrected chi connectivity index (χ4v) is 2.57. The summed E-state index contributed by atoms with van der Waals surface area (Å²) < 4.78 is 0. The Morgan fingerprint density at radius 2 is 2.06 bits per heavy atom. The molecule has 0 heterocycles. The second-order valence-corrected chi connectivity index (χ2v) is 5.44. The molecule has 0 bridgehead atoms. The van der Waals surface area contributed by atoms with Crippen LogP contribution >= 0.6 is 0 Å². The SMILES string of the molecule is CN(CC1CCC1)CC(C(=N)N)c1ccccc1. The molecule has 1 aliphatic carbocycles. The number of benzene rings is 1. The van der Waals surface area contributed by atoms with Gasteiger partial charge in [-0.25, -0.2) is 0 Å². The Hall–Kier alpha value is -1.35. The molecule has 1 aliphatic rings. The molecule has 18 heavy (non-hydrogen) atoms. The number of hydrogen-bond acceptors (Lipinski definition) is 2. The molecule has 1 aromatic carbocycles. The summed E-state index contributed by atoms with van der Waals surface area (Å²) in [6.45, 7) is 1.98. The topological polar surface area (TPSA) is 53.1 Å². The summed E-state index contributed by atoms with van der Waals surface area (Å²) in [5.74, 6) is 1.15. The third-order valence-corrected chi connectivity index (χ3v) is 3.87. The van der Waals surface area contributed by atoms with E-state index in [9.17, 15) is 0 Å². The molecule has 0 radical (unpaired) electrons. The highest BCUT2D eigenvalue weighted by Crippen LogP contribution is 2.27. The molecule has 0 saturated heterocycles. The Bertz CT molecular complexity index is 384. The van der Waals surface area contributed by atoms with E-state index in [2.05, 4.69) is 24.1 Å². The number of rotatable bonds is 6. The van der Waals surface area contributed by atoms with Crippen LogP contribution in [0.1, 0.15) is 30.7 Å². The predicted molar refractivity (Wildman–Crippen MR) is 75.9 cm³/mol. The highest BCUT2D eigenvalue weighted by Gasteiger charge is 2.22. The van der Waals surface area contributed by atoms with Crippen molar-refractivity contribution in [2.24, 2.45) is 11.7 Å². The molecule has 1 aromatic rings. The summed E-state index contributed by atoms with van der Waals surface area (Å²) in [6.07, 6.45) is 4.11. The number of nitrogens with zero attached hydrogens (tertiary/aromatic N) is 1. The van der Waals surface area contributed by atoms with Gasteiger partial charge < -0.3 is 10.6 Å². The average Bonchev–Trinajstić information content (AvgIpc) is 2.31. The quantitative estimate of drug-likeness (QED) is 0.597. The van der Waals surface area contributed by atoms with Crippen molar-refractivity contribution in [3.05, 3.63) is 35.9 Å². The van der Waals surface area contributed by atoms with Gasteiger partial charge in [0.2, 0.25) is 0 Å². The van der Waals surface area contributed by atoms with Gasteiger partial charge in [0.15, 0.2) is 0 Å². The lowest BCUT2D eigenvalue weighted by atomic mass is 9.85. The minimum Gasteiger partial charge on any atom is -0.387 e. The van der Waals surface area contributed by atoms with Crippen molar-refractivity contribution in [2.75, 3.05) is 20.1 Å². The molecule has 1 fully saturated rings. The maximum atomic E-state index is 7.77. The van der Waals surface area contributed by atoms with Crippen LogP contribution in [0.5, 0.6) is 0 Å². The van der Waals surface area contributed by atoms with E-state index in [0.717, 1.165) is 24.6 Å². The predicted octanol–water partition coefficient (Wildman–Crippen LogP) is 2.44. The van der Waals surface area contributed by atoms with Crippen LogP contribution in [0.4, 0.5) is 0 Å². The van der Waals surface area contributed by atoms with Gasteiger partial charge in [0.1, 0.15) is 0 Å². The lowest BCUT2D eigenvalue weighted by Gasteiger charge is -2.32. The van der Waals surface area contributed by atoms with Crippen LogP contribution in [-0.2, 0) is 0 Å². The summed E-state index contributed by atoms with van der Waals surface area (Å²) >= 11 is 0. The zero-order valence-electron chi connectivity index (χ0n) is 11.1. The van der Waals surface area contributed by atoms with Crippen molar-refractivity contribution in [1.29, 1.82) is 5.41 Å². The summed E-state index contributed by atoms with van der Waals surface area (Å²) in [5.41, 5.74) is 6.89.